The molecule has 0 aromatic carbocycles. The van der Waals surface area contributed by atoms with Crippen molar-refractivity contribution in [1.82, 2.24) is 9.03 Å². The van der Waals surface area contributed by atoms with E-state index in [-0.39, 0.29) is 18.6 Å². The first-order valence-electron chi connectivity index (χ1n) is 7.32. The number of hydrogen-bond donors (Lipinski definition) is 2. The Kier molecular flexibility index (Phi) is 6.73. The van der Waals surface area contributed by atoms with Gasteiger partial charge in [-0.25, -0.2) is 0 Å². The summed E-state index contributed by atoms with van der Waals surface area (Å²) in [5.74, 6) is 0.632. The zero-order valence-corrected chi connectivity index (χ0v) is 13.1. The lowest BCUT2D eigenvalue weighted by atomic mass is 9.96. The summed E-state index contributed by atoms with van der Waals surface area (Å²) >= 11 is 0. The predicted octanol–water partition coefficient (Wildman–Crippen LogP) is 1.35. The lowest BCUT2D eigenvalue weighted by molar-refractivity contribution is 0.169. The molecule has 1 aliphatic rings. The van der Waals surface area contributed by atoms with E-state index in [2.05, 4.69) is 18.6 Å². The maximum atomic E-state index is 12.3. The molecule has 1 saturated heterocycles. The Morgan fingerprint density at radius 1 is 1.26 bits per heavy atom. The molecule has 0 aromatic rings. The summed E-state index contributed by atoms with van der Waals surface area (Å²) in [6.07, 6.45) is 3.45. The predicted molar refractivity (Wildman–Crippen MR) is 77.0 cm³/mol. The van der Waals surface area contributed by atoms with E-state index in [1.165, 1.54) is 4.31 Å². The Bertz CT molecular complexity index is 347. The molecule has 0 amide bonds. The summed E-state index contributed by atoms with van der Waals surface area (Å²) < 4.78 is 28.9. The monoisotopic (exact) mass is 292 g/mol. The molecule has 114 valence electrons. The van der Waals surface area contributed by atoms with Crippen molar-refractivity contribution in [2.75, 3.05) is 19.7 Å². The van der Waals surface area contributed by atoms with Crippen molar-refractivity contribution >= 4 is 10.2 Å². The third-order valence-electron chi connectivity index (χ3n) is 4.26. The van der Waals surface area contributed by atoms with Crippen LogP contribution in [0.25, 0.3) is 0 Å². The Morgan fingerprint density at radius 3 is 2.21 bits per heavy atom. The van der Waals surface area contributed by atoms with Crippen LogP contribution in [0, 0.1) is 11.8 Å². The van der Waals surface area contributed by atoms with Crippen molar-refractivity contribution in [2.45, 2.75) is 52.5 Å². The highest BCUT2D eigenvalue weighted by atomic mass is 32.2. The lowest BCUT2D eigenvalue weighted by Gasteiger charge is -2.32. The first-order valence-corrected chi connectivity index (χ1v) is 8.76. The van der Waals surface area contributed by atoms with Crippen molar-refractivity contribution in [1.29, 1.82) is 0 Å². The molecule has 0 spiro atoms. The minimum absolute atomic E-state index is 0.0319. The quantitative estimate of drug-likeness (QED) is 0.744. The lowest BCUT2D eigenvalue weighted by Crippen LogP contribution is -2.49. The van der Waals surface area contributed by atoms with Crippen LogP contribution in [0.15, 0.2) is 0 Å². The van der Waals surface area contributed by atoms with Gasteiger partial charge in [0.05, 0.1) is 0 Å². The van der Waals surface area contributed by atoms with Crippen LogP contribution in [0.3, 0.4) is 0 Å². The van der Waals surface area contributed by atoms with E-state index in [4.69, 9.17) is 5.11 Å². The average Bonchev–Trinajstić information content (AvgIpc) is 2.39. The fraction of sp³-hybridized carbons (Fsp3) is 1.00. The first-order chi connectivity index (χ1) is 8.94. The SMILES string of the molecule is CCC(CC)C(C)NS(=O)(=O)N1CCC(CO)CC1. The molecule has 19 heavy (non-hydrogen) atoms. The van der Waals surface area contributed by atoms with Gasteiger partial charge in [0.1, 0.15) is 0 Å². The van der Waals surface area contributed by atoms with Crippen molar-refractivity contribution < 1.29 is 13.5 Å². The van der Waals surface area contributed by atoms with E-state index >= 15 is 0 Å². The van der Waals surface area contributed by atoms with Crippen molar-refractivity contribution in [3.63, 3.8) is 0 Å². The van der Waals surface area contributed by atoms with Crippen LogP contribution in [-0.4, -0.2) is 43.6 Å². The third-order valence-corrected chi connectivity index (χ3v) is 5.98. The Morgan fingerprint density at radius 2 is 1.79 bits per heavy atom. The number of nitrogens with one attached hydrogen (secondary N) is 1. The molecule has 0 bridgehead atoms. The number of hydrogen-bond acceptors (Lipinski definition) is 3. The van der Waals surface area contributed by atoms with E-state index in [1.807, 2.05) is 6.92 Å². The van der Waals surface area contributed by atoms with Crippen LogP contribution < -0.4 is 4.72 Å². The van der Waals surface area contributed by atoms with Gasteiger partial charge in [0.25, 0.3) is 10.2 Å². The molecule has 5 nitrogen and oxygen atoms in total. The summed E-state index contributed by atoms with van der Waals surface area (Å²) in [6, 6.07) is -0.0319. The molecule has 2 N–H and O–H groups in total. The minimum Gasteiger partial charge on any atom is -0.396 e. The van der Waals surface area contributed by atoms with Crippen LogP contribution in [0.2, 0.25) is 0 Å². The van der Waals surface area contributed by atoms with E-state index in [0.717, 1.165) is 25.7 Å². The zero-order chi connectivity index (χ0) is 14.5. The molecule has 0 saturated carbocycles. The van der Waals surface area contributed by atoms with Crippen LogP contribution in [-0.2, 0) is 10.2 Å². The molecule has 1 heterocycles. The van der Waals surface area contributed by atoms with E-state index < -0.39 is 10.2 Å². The standard InChI is InChI=1S/C13H28N2O3S/c1-4-13(5-2)11(3)14-19(17,18)15-8-6-12(10-16)7-9-15/h11-14,16H,4-10H2,1-3H3. The first kappa shape index (κ1) is 16.9. The smallest absolute Gasteiger partial charge is 0.279 e. The fourth-order valence-electron chi connectivity index (χ4n) is 2.73. The maximum absolute atomic E-state index is 12.3. The zero-order valence-electron chi connectivity index (χ0n) is 12.3. The number of aliphatic hydroxyl groups is 1. The number of aliphatic hydroxyl groups excluding tert-OH is 1. The number of nitrogens with zero attached hydrogens (tertiary/aromatic N) is 1. The third kappa shape index (κ3) is 4.70. The summed E-state index contributed by atoms with van der Waals surface area (Å²) in [5, 5.41) is 9.08. The van der Waals surface area contributed by atoms with Crippen LogP contribution in [0.5, 0.6) is 0 Å². The molecule has 0 aromatic heterocycles. The summed E-state index contributed by atoms with van der Waals surface area (Å²) in [6.45, 7) is 7.30. The number of piperidine rings is 1. The second kappa shape index (κ2) is 7.57. The molecule has 1 atom stereocenters. The highest BCUT2D eigenvalue weighted by Crippen LogP contribution is 2.20. The molecular weight excluding hydrogens is 264 g/mol. The van der Waals surface area contributed by atoms with Gasteiger partial charge in [-0.1, -0.05) is 26.7 Å². The summed E-state index contributed by atoms with van der Waals surface area (Å²) in [4.78, 5) is 0. The molecule has 0 radical (unpaired) electrons. The summed E-state index contributed by atoms with van der Waals surface area (Å²) in [7, 11) is -3.38. The molecule has 6 heteroatoms. The van der Waals surface area contributed by atoms with Gasteiger partial charge in [0.15, 0.2) is 0 Å². The van der Waals surface area contributed by atoms with Gasteiger partial charge in [-0.15, -0.1) is 0 Å². The van der Waals surface area contributed by atoms with Crippen molar-refractivity contribution in [3.8, 4) is 0 Å². The van der Waals surface area contributed by atoms with Crippen LogP contribution in [0.4, 0.5) is 0 Å². The molecule has 1 unspecified atom stereocenters. The average molecular weight is 292 g/mol. The second-order valence-corrected chi connectivity index (χ2v) is 7.22. The van der Waals surface area contributed by atoms with E-state index in [1.54, 1.807) is 0 Å². The normalized spacial score (nSPS) is 20.9. The Labute approximate surface area is 117 Å². The van der Waals surface area contributed by atoms with Gasteiger partial charge in [-0.2, -0.15) is 17.4 Å². The molecule has 1 rings (SSSR count). The van der Waals surface area contributed by atoms with Gasteiger partial charge in [0, 0.05) is 25.7 Å². The Balaban J connectivity index is 2.57. The van der Waals surface area contributed by atoms with E-state index in [9.17, 15) is 8.42 Å². The van der Waals surface area contributed by atoms with Crippen molar-refractivity contribution in [2.24, 2.45) is 11.8 Å². The maximum Gasteiger partial charge on any atom is 0.279 e. The van der Waals surface area contributed by atoms with Gasteiger partial charge in [-0.05, 0) is 31.6 Å². The Hall–Kier alpha value is -0.170. The summed E-state index contributed by atoms with van der Waals surface area (Å²) in [5.41, 5.74) is 0. The number of rotatable bonds is 7. The van der Waals surface area contributed by atoms with Crippen LogP contribution in [0.1, 0.15) is 46.5 Å². The minimum atomic E-state index is -3.38. The van der Waals surface area contributed by atoms with Gasteiger partial charge in [0.2, 0.25) is 0 Å². The van der Waals surface area contributed by atoms with Gasteiger partial charge in [-0.3, -0.25) is 0 Å². The highest BCUT2D eigenvalue weighted by Gasteiger charge is 2.29. The van der Waals surface area contributed by atoms with Crippen LogP contribution >= 0.6 is 0 Å². The molecule has 0 aliphatic carbocycles. The molecule has 1 aliphatic heterocycles. The second-order valence-electron chi connectivity index (χ2n) is 5.51. The highest BCUT2D eigenvalue weighted by molar-refractivity contribution is 7.87. The van der Waals surface area contributed by atoms with E-state index in [0.29, 0.717) is 19.0 Å². The van der Waals surface area contributed by atoms with Crippen molar-refractivity contribution in [3.05, 3.63) is 0 Å². The molecule has 1 fully saturated rings. The largest absolute Gasteiger partial charge is 0.396 e. The van der Waals surface area contributed by atoms with Gasteiger partial charge < -0.3 is 5.11 Å². The topological polar surface area (TPSA) is 69.6 Å². The molecular formula is C13H28N2O3S. The van der Waals surface area contributed by atoms with Gasteiger partial charge >= 0.3 is 0 Å². The fourth-order valence-corrected chi connectivity index (χ4v) is 4.24.